The Balaban J connectivity index is 1.32. The van der Waals surface area contributed by atoms with E-state index in [4.69, 9.17) is 4.74 Å². The molecule has 1 unspecified atom stereocenters. The number of hydrogen-bond acceptors (Lipinski definition) is 3. The minimum absolute atomic E-state index is 0.318. The summed E-state index contributed by atoms with van der Waals surface area (Å²) in [4.78, 5) is 2.58. The third-order valence-corrected chi connectivity index (χ3v) is 4.36. The molecule has 0 radical (unpaired) electrons. The number of ether oxygens (including phenoxy) is 1. The summed E-state index contributed by atoms with van der Waals surface area (Å²) in [6.07, 6.45) is 5.40. The van der Waals surface area contributed by atoms with E-state index in [-0.39, 0.29) is 0 Å². The van der Waals surface area contributed by atoms with E-state index in [9.17, 15) is 0 Å². The van der Waals surface area contributed by atoms with E-state index in [0.717, 1.165) is 25.3 Å². The summed E-state index contributed by atoms with van der Waals surface area (Å²) in [5, 5.41) is 3.55. The molecule has 3 rings (SSSR count). The smallest absolute Gasteiger partial charge is 0.123 e. The second-order valence-electron chi connectivity index (χ2n) is 6.16. The van der Waals surface area contributed by atoms with E-state index in [1.807, 2.05) is 0 Å². The van der Waals surface area contributed by atoms with Gasteiger partial charge in [0.1, 0.15) is 11.9 Å². The van der Waals surface area contributed by atoms with Gasteiger partial charge in [-0.25, -0.2) is 0 Å². The molecule has 0 bridgehead atoms. The van der Waals surface area contributed by atoms with Gasteiger partial charge in [-0.1, -0.05) is 17.7 Å². The van der Waals surface area contributed by atoms with Gasteiger partial charge in [-0.2, -0.15) is 0 Å². The first kappa shape index (κ1) is 13.9. The minimum atomic E-state index is 0.318. The summed E-state index contributed by atoms with van der Waals surface area (Å²) in [5.74, 6) is 1.08. The Kier molecular flexibility index (Phi) is 4.58. The van der Waals surface area contributed by atoms with Crippen LogP contribution in [-0.4, -0.2) is 43.7 Å². The summed E-state index contributed by atoms with van der Waals surface area (Å²) in [6, 6.07) is 6.49. The van der Waals surface area contributed by atoms with E-state index in [1.54, 1.807) is 0 Å². The molecule has 1 saturated heterocycles. The summed E-state index contributed by atoms with van der Waals surface area (Å²) in [7, 11) is 0. The molecule has 2 aliphatic rings. The number of benzene rings is 1. The molecule has 2 heterocycles. The van der Waals surface area contributed by atoms with Crippen LogP contribution in [0, 0.1) is 6.92 Å². The summed E-state index contributed by atoms with van der Waals surface area (Å²) in [6.45, 7) is 8.07. The third kappa shape index (κ3) is 3.53. The Morgan fingerprint density at radius 2 is 2.15 bits per heavy atom. The van der Waals surface area contributed by atoms with E-state index in [0.29, 0.717) is 6.10 Å². The van der Waals surface area contributed by atoms with Crippen molar-refractivity contribution in [3.8, 4) is 5.75 Å². The van der Waals surface area contributed by atoms with Crippen molar-refractivity contribution in [1.82, 2.24) is 10.2 Å². The molecule has 1 aromatic rings. The van der Waals surface area contributed by atoms with Crippen molar-refractivity contribution in [3.63, 3.8) is 0 Å². The molecule has 0 spiro atoms. The zero-order valence-electron chi connectivity index (χ0n) is 12.5. The molecule has 1 fully saturated rings. The molecule has 0 aliphatic carbocycles. The zero-order chi connectivity index (χ0) is 13.8. The van der Waals surface area contributed by atoms with Gasteiger partial charge in [0.2, 0.25) is 0 Å². The molecule has 1 N–H and O–H groups in total. The predicted molar refractivity (Wildman–Crippen MR) is 82.5 cm³/mol. The number of fused-ring (bicyclic) bond motifs is 1. The highest BCUT2D eigenvalue weighted by atomic mass is 16.5. The average Bonchev–Trinajstić information content (AvgIpc) is 3.06. The molecule has 1 atom stereocenters. The van der Waals surface area contributed by atoms with Gasteiger partial charge in [-0.3, -0.25) is 0 Å². The summed E-state index contributed by atoms with van der Waals surface area (Å²) in [5.41, 5.74) is 2.69. The zero-order valence-corrected chi connectivity index (χ0v) is 12.5. The van der Waals surface area contributed by atoms with Crippen LogP contribution in [0.2, 0.25) is 0 Å². The lowest BCUT2D eigenvalue weighted by Crippen LogP contribution is -2.32. The number of hydrogen-bond donors (Lipinski definition) is 1. The Labute approximate surface area is 122 Å². The highest BCUT2D eigenvalue weighted by Crippen LogP contribution is 2.29. The fourth-order valence-electron chi connectivity index (χ4n) is 3.26. The average molecular weight is 274 g/mol. The molecular formula is C17H26N2O. The molecule has 20 heavy (non-hydrogen) atoms. The first-order chi connectivity index (χ1) is 9.81. The first-order valence-corrected chi connectivity index (χ1v) is 8.00. The minimum Gasteiger partial charge on any atom is -0.488 e. The highest BCUT2D eigenvalue weighted by molar-refractivity contribution is 5.40. The molecule has 3 heteroatoms. The number of nitrogens with one attached hydrogen (secondary N) is 1. The monoisotopic (exact) mass is 274 g/mol. The van der Waals surface area contributed by atoms with Crippen molar-refractivity contribution in [2.75, 3.05) is 32.7 Å². The van der Waals surface area contributed by atoms with Crippen molar-refractivity contribution in [2.45, 2.75) is 38.7 Å². The standard InChI is InChI=1S/C17H26N2O/c1-14-5-6-17-15(11-14)12-16(20-17)13-18-7-4-10-19-8-2-3-9-19/h5-6,11,16,18H,2-4,7-10,12-13H2,1H3. The molecule has 3 nitrogen and oxygen atoms in total. The van der Waals surface area contributed by atoms with Crippen LogP contribution in [0.25, 0.3) is 0 Å². The number of aryl methyl sites for hydroxylation is 1. The summed E-state index contributed by atoms with van der Waals surface area (Å²) >= 11 is 0. The Bertz CT molecular complexity index is 441. The van der Waals surface area contributed by atoms with Crippen molar-refractivity contribution < 1.29 is 4.74 Å². The maximum atomic E-state index is 5.97. The predicted octanol–water partition coefficient (Wildman–Crippen LogP) is 2.37. The Morgan fingerprint density at radius 3 is 3.00 bits per heavy atom. The Morgan fingerprint density at radius 1 is 1.30 bits per heavy atom. The number of rotatable bonds is 6. The van der Waals surface area contributed by atoms with Crippen LogP contribution in [0.1, 0.15) is 30.4 Å². The molecule has 2 aliphatic heterocycles. The van der Waals surface area contributed by atoms with Gasteiger partial charge in [0.15, 0.2) is 0 Å². The first-order valence-electron chi connectivity index (χ1n) is 8.00. The van der Waals surface area contributed by atoms with E-state index >= 15 is 0 Å². The molecule has 0 aromatic heterocycles. The maximum absolute atomic E-state index is 5.97. The molecular weight excluding hydrogens is 248 g/mol. The lowest BCUT2D eigenvalue weighted by Gasteiger charge is -2.15. The SMILES string of the molecule is Cc1ccc2c(c1)CC(CNCCCN1CCCC1)O2. The topological polar surface area (TPSA) is 24.5 Å². The Hall–Kier alpha value is -1.06. The lowest BCUT2D eigenvalue weighted by atomic mass is 10.1. The second-order valence-corrected chi connectivity index (χ2v) is 6.16. The van der Waals surface area contributed by atoms with Crippen molar-refractivity contribution in [3.05, 3.63) is 29.3 Å². The van der Waals surface area contributed by atoms with Crippen LogP contribution < -0.4 is 10.1 Å². The normalized spacial score (nSPS) is 21.9. The number of likely N-dealkylation sites (tertiary alicyclic amines) is 1. The van der Waals surface area contributed by atoms with E-state index in [1.165, 1.54) is 50.0 Å². The maximum Gasteiger partial charge on any atom is 0.123 e. The molecule has 0 amide bonds. The highest BCUT2D eigenvalue weighted by Gasteiger charge is 2.22. The van der Waals surface area contributed by atoms with Crippen molar-refractivity contribution in [1.29, 1.82) is 0 Å². The lowest BCUT2D eigenvalue weighted by molar-refractivity contribution is 0.226. The fourth-order valence-corrected chi connectivity index (χ4v) is 3.26. The van der Waals surface area contributed by atoms with Gasteiger partial charge in [-0.15, -0.1) is 0 Å². The second kappa shape index (κ2) is 6.59. The molecule has 0 saturated carbocycles. The van der Waals surface area contributed by atoms with Crippen LogP contribution in [0.15, 0.2) is 18.2 Å². The molecule has 110 valence electrons. The molecule has 1 aromatic carbocycles. The van der Waals surface area contributed by atoms with Gasteiger partial charge >= 0.3 is 0 Å². The van der Waals surface area contributed by atoms with E-state index in [2.05, 4.69) is 35.3 Å². The van der Waals surface area contributed by atoms with Crippen LogP contribution in [-0.2, 0) is 6.42 Å². The van der Waals surface area contributed by atoms with Gasteiger partial charge < -0.3 is 15.0 Å². The van der Waals surface area contributed by atoms with Crippen LogP contribution >= 0.6 is 0 Å². The third-order valence-electron chi connectivity index (χ3n) is 4.36. The van der Waals surface area contributed by atoms with Crippen LogP contribution in [0.3, 0.4) is 0 Å². The van der Waals surface area contributed by atoms with Gasteiger partial charge in [0.05, 0.1) is 0 Å². The van der Waals surface area contributed by atoms with Gasteiger partial charge in [-0.05, 0) is 64.0 Å². The van der Waals surface area contributed by atoms with Crippen LogP contribution in [0.5, 0.6) is 5.75 Å². The quantitative estimate of drug-likeness (QED) is 0.806. The fraction of sp³-hybridized carbons (Fsp3) is 0.647. The number of nitrogens with zero attached hydrogens (tertiary/aromatic N) is 1. The largest absolute Gasteiger partial charge is 0.488 e. The van der Waals surface area contributed by atoms with Crippen molar-refractivity contribution in [2.24, 2.45) is 0 Å². The van der Waals surface area contributed by atoms with Crippen LogP contribution in [0.4, 0.5) is 0 Å². The van der Waals surface area contributed by atoms with Gasteiger partial charge in [0, 0.05) is 13.0 Å². The summed E-state index contributed by atoms with van der Waals surface area (Å²) < 4.78 is 5.97. The van der Waals surface area contributed by atoms with Gasteiger partial charge in [0.25, 0.3) is 0 Å². The van der Waals surface area contributed by atoms with E-state index < -0.39 is 0 Å². The van der Waals surface area contributed by atoms with Crippen molar-refractivity contribution >= 4 is 0 Å².